The van der Waals surface area contributed by atoms with Gasteiger partial charge in [-0.15, -0.1) is 0 Å². The highest BCUT2D eigenvalue weighted by Gasteiger charge is 2.31. The second-order valence-corrected chi connectivity index (χ2v) is 8.26. The van der Waals surface area contributed by atoms with Crippen molar-refractivity contribution in [1.29, 1.82) is 0 Å². The molecule has 2 aliphatic rings. The Labute approximate surface area is 187 Å². The fourth-order valence-corrected chi connectivity index (χ4v) is 4.32. The third-order valence-corrected chi connectivity index (χ3v) is 5.88. The van der Waals surface area contributed by atoms with Crippen molar-refractivity contribution < 1.29 is 17.9 Å². The van der Waals surface area contributed by atoms with Gasteiger partial charge in [-0.05, 0) is 52.3 Å². The fourth-order valence-electron chi connectivity index (χ4n) is 3.13. The number of nitrogens with one attached hydrogen (secondary N) is 3. The first-order valence-electron chi connectivity index (χ1n) is 8.99. The van der Waals surface area contributed by atoms with E-state index < -0.39 is 11.7 Å². The van der Waals surface area contributed by atoms with Crippen LogP contribution in [0.1, 0.15) is 5.56 Å². The van der Waals surface area contributed by atoms with Crippen molar-refractivity contribution in [2.45, 2.75) is 6.18 Å². The van der Waals surface area contributed by atoms with E-state index in [1.165, 1.54) is 12.1 Å². The molecular formula is C20H13BrF3N5OS. The molecule has 3 heterocycles. The smallest absolute Gasteiger partial charge is 0.416 e. The Morgan fingerprint density at radius 1 is 1.19 bits per heavy atom. The van der Waals surface area contributed by atoms with E-state index in [0.29, 0.717) is 28.7 Å². The van der Waals surface area contributed by atoms with Gasteiger partial charge < -0.3 is 19.8 Å². The van der Waals surface area contributed by atoms with Crippen LogP contribution in [0.3, 0.4) is 0 Å². The quantitative estimate of drug-likeness (QED) is 0.366. The number of aromatic nitrogens is 2. The lowest BCUT2D eigenvalue weighted by Crippen LogP contribution is -2.13. The van der Waals surface area contributed by atoms with Crippen LogP contribution < -0.4 is 14.8 Å². The summed E-state index contributed by atoms with van der Waals surface area (Å²) in [5.74, 6) is 1.48. The number of H-pyrrole nitrogens is 1. The van der Waals surface area contributed by atoms with Crippen LogP contribution in [0.5, 0.6) is 5.75 Å². The lowest BCUT2D eigenvalue weighted by Gasteiger charge is -2.21. The summed E-state index contributed by atoms with van der Waals surface area (Å²) in [6.07, 6.45) is 3.02. The topological polar surface area (TPSA) is 65.2 Å². The van der Waals surface area contributed by atoms with Crippen molar-refractivity contribution in [3.05, 3.63) is 82.4 Å². The maximum atomic E-state index is 13.1. The zero-order valence-corrected chi connectivity index (χ0v) is 17.9. The van der Waals surface area contributed by atoms with Gasteiger partial charge in [0.1, 0.15) is 11.2 Å². The summed E-state index contributed by atoms with van der Waals surface area (Å²) in [4.78, 5) is 7.28. The van der Waals surface area contributed by atoms with E-state index in [1.807, 2.05) is 41.0 Å². The largest absolute Gasteiger partial charge is 0.453 e. The summed E-state index contributed by atoms with van der Waals surface area (Å²) in [6, 6.07) is 9.29. The first kappa shape index (κ1) is 19.9. The second-order valence-electron chi connectivity index (χ2n) is 6.60. The average Bonchev–Trinajstić information content (AvgIpc) is 3.36. The van der Waals surface area contributed by atoms with Gasteiger partial charge in [-0.2, -0.15) is 13.2 Å². The molecule has 0 radical (unpaired) electrons. The lowest BCUT2D eigenvalue weighted by molar-refractivity contribution is -0.137. The highest BCUT2D eigenvalue weighted by molar-refractivity contribution is 9.10. The maximum absolute atomic E-state index is 13.1. The van der Waals surface area contributed by atoms with E-state index >= 15 is 0 Å². The molecule has 0 unspecified atom stereocenters. The molecule has 3 aromatic rings. The summed E-state index contributed by atoms with van der Waals surface area (Å²) in [6.45, 7) is 0. The van der Waals surface area contributed by atoms with Crippen molar-refractivity contribution in [3.63, 3.8) is 0 Å². The van der Waals surface area contributed by atoms with E-state index in [9.17, 15) is 13.2 Å². The number of nitrogens with zero attached hydrogens (tertiary/aromatic N) is 2. The van der Waals surface area contributed by atoms with Crippen LogP contribution in [0, 0.1) is 0 Å². The molecule has 0 fully saturated rings. The number of hydrogen-bond acceptors (Lipinski definition) is 6. The molecule has 2 aliphatic heterocycles. The number of imidazole rings is 1. The number of anilines is 2. The molecule has 158 valence electrons. The minimum absolute atomic E-state index is 0.253. The molecule has 31 heavy (non-hydrogen) atoms. The molecule has 0 saturated heterocycles. The normalized spacial score (nSPS) is 15.4. The number of para-hydroxylation sites is 2. The predicted molar refractivity (Wildman–Crippen MR) is 117 cm³/mol. The first-order chi connectivity index (χ1) is 14.9. The lowest BCUT2D eigenvalue weighted by atomic mass is 10.2. The van der Waals surface area contributed by atoms with Crippen molar-refractivity contribution in [2.75, 3.05) is 5.32 Å². The van der Waals surface area contributed by atoms with Gasteiger partial charge >= 0.3 is 6.18 Å². The minimum atomic E-state index is -4.45. The SMILES string of the molecule is FC(F)(F)c1cc(Br)c2nc(Nc3ccccc3OC3=CC=CN4SNC=C34)[nH]c2c1. The molecule has 0 amide bonds. The number of benzene rings is 2. The molecule has 0 bridgehead atoms. The molecule has 2 aromatic carbocycles. The summed E-state index contributed by atoms with van der Waals surface area (Å²) in [5, 5.41) is 3.10. The van der Waals surface area contributed by atoms with E-state index in [0.717, 1.165) is 17.8 Å². The predicted octanol–water partition coefficient (Wildman–Crippen LogP) is 6.19. The number of fused-ring (bicyclic) bond motifs is 2. The highest BCUT2D eigenvalue weighted by Crippen LogP contribution is 2.37. The fraction of sp³-hybridized carbons (Fsp3) is 0.0500. The highest BCUT2D eigenvalue weighted by atomic mass is 79.9. The van der Waals surface area contributed by atoms with Gasteiger partial charge in [0.2, 0.25) is 5.95 Å². The third kappa shape index (κ3) is 3.86. The maximum Gasteiger partial charge on any atom is 0.416 e. The molecule has 11 heteroatoms. The number of alkyl halides is 3. The van der Waals surface area contributed by atoms with Crippen LogP contribution in [-0.2, 0) is 6.18 Å². The Balaban J connectivity index is 1.45. The Morgan fingerprint density at radius 3 is 2.87 bits per heavy atom. The Hall–Kier alpha value is -3.05. The van der Waals surface area contributed by atoms with E-state index in [-0.39, 0.29) is 9.99 Å². The number of rotatable bonds is 4. The third-order valence-electron chi connectivity index (χ3n) is 4.53. The Morgan fingerprint density at radius 2 is 2.03 bits per heavy atom. The average molecular weight is 508 g/mol. The molecule has 3 N–H and O–H groups in total. The number of aromatic amines is 1. The molecule has 0 atom stereocenters. The van der Waals surface area contributed by atoms with Crippen LogP contribution >= 0.6 is 28.1 Å². The number of hydrogen-bond donors (Lipinski definition) is 3. The second kappa shape index (κ2) is 7.57. The summed E-state index contributed by atoms with van der Waals surface area (Å²) in [7, 11) is 0. The van der Waals surface area contributed by atoms with Crippen LogP contribution in [0.4, 0.5) is 24.8 Å². The molecule has 0 saturated carbocycles. The van der Waals surface area contributed by atoms with E-state index in [4.69, 9.17) is 4.74 Å². The van der Waals surface area contributed by atoms with Gasteiger partial charge in [0, 0.05) is 16.9 Å². The molecule has 0 aliphatic carbocycles. The Kier molecular flexibility index (Phi) is 4.86. The van der Waals surface area contributed by atoms with Crippen molar-refractivity contribution in [2.24, 2.45) is 0 Å². The van der Waals surface area contributed by atoms with Crippen molar-refractivity contribution in [3.8, 4) is 5.75 Å². The van der Waals surface area contributed by atoms with Crippen molar-refractivity contribution >= 4 is 50.7 Å². The van der Waals surface area contributed by atoms with Crippen LogP contribution in [0.15, 0.2) is 76.9 Å². The zero-order chi connectivity index (χ0) is 21.6. The van der Waals surface area contributed by atoms with Crippen molar-refractivity contribution in [1.82, 2.24) is 19.0 Å². The molecule has 6 nitrogen and oxygen atoms in total. The summed E-state index contributed by atoms with van der Waals surface area (Å²) < 4.78 is 50.7. The standard InChI is InChI=1S/C20H13BrF3N5OS/c21-12-8-11(20(22,23)24)9-14-18(12)28-19(27-14)26-13-4-1-2-5-16(13)30-17-6-3-7-29-15(17)10-25-31-29/h1-10,25H,(H2,26,27,28). The number of halogens is 4. The summed E-state index contributed by atoms with van der Waals surface area (Å²) in [5.41, 5.74) is 1.37. The minimum Gasteiger partial charge on any atom is -0.453 e. The van der Waals surface area contributed by atoms with Gasteiger partial charge in [0.25, 0.3) is 0 Å². The van der Waals surface area contributed by atoms with E-state index in [2.05, 4.69) is 35.9 Å². The Bertz CT molecular complexity index is 1270. The molecule has 1 aromatic heterocycles. The molecular weight excluding hydrogens is 495 g/mol. The molecule has 0 spiro atoms. The first-order valence-corrected chi connectivity index (χ1v) is 10.6. The summed E-state index contributed by atoms with van der Waals surface area (Å²) >= 11 is 4.60. The number of allylic oxidation sites excluding steroid dienone is 2. The van der Waals surface area contributed by atoms with Crippen LogP contribution in [0.25, 0.3) is 11.0 Å². The monoisotopic (exact) mass is 507 g/mol. The number of ether oxygens (including phenoxy) is 1. The van der Waals surface area contributed by atoms with Crippen LogP contribution in [0.2, 0.25) is 0 Å². The van der Waals surface area contributed by atoms with Crippen LogP contribution in [-0.4, -0.2) is 14.3 Å². The van der Waals surface area contributed by atoms with E-state index in [1.54, 1.807) is 12.1 Å². The zero-order valence-electron chi connectivity index (χ0n) is 15.5. The molecule has 5 rings (SSSR count). The van der Waals surface area contributed by atoms with Gasteiger partial charge in [-0.25, -0.2) is 4.98 Å². The van der Waals surface area contributed by atoms with Gasteiger partial charge in [-0.1, -0.05) is 12.1 Å². The van der Waals surface area contributed by atoms with Gasteiger partial charge in [-0.3, -0.25) is 4.31 Å². The van der Waals surface area contributed by atoms with Gasteiger partial charge in [0.15, 0.2) is 11.5 Å². The van der Waals surface area contributed by atoms with Gasteiger partial charge in [0.05, 0.1) is 28.9 Å².